The fourth-order valence-corrected chi connectivity index (χ4v) is 2.89. The lowest BCUT2D eigenvalue weighted by atomic mass is 10.1. The van der Waals surface area contributed by atoms with E-state index in [1.165, 1.54) is 0 Å². The maximum absolute atomic E-state index is 12.8. The molecule has 0 saturated carbocycles. The van der Waals surface area contributed by atoms with Crippen molar-refractivity contribution in [3.05, 3.63) is 71.8 Å². The number of carbonyl (C=O) groups is 4. The van der Waals surface area contributed by atoms with Gasteiger partial charge in [-0.2, -0.15) is 5.01 Å². The molecular weight excluding hydrogens is 384 g/mol. The van der Waals surface area contributed by atoms with Crippen LogP contribution in [0, 0.1) is 0 Å². The average molecular weight is 410 g/mol. The normalized spacial score (nSPS) is 10.3. The van der Waals surface area contributed by atoms with E-state index in [4.69, 9.17) is 5.11 Å². The first-order valence-corrected chi connectivity index (χ1v) is 9.99. The van der Waals surface area contributed by atoms with Crippen LogP contribution in [0.3, 0.4) is 0 Å². The Morgan fingerprint density at radius 1 is 0.700 bits per heavy atom. The molecule has 0 radical (unpaired) electrons. The molecule has 0 atom stereocenters. The van der Waals surface area contributed by atoms with Gasteiger partial charge in [0.25, 0.3) is 11.8 Å². The molecule has 0 spiro atoms. The Morgan fingerprint density at radius 3 is 1.77 bits per heavy atom. The van der Waals surface area contributed by atoms with Crippen LogP contribution >= 0.6 is 0 Å². The van der Waals surface area contributed by atoms with Crippen molar-refractivity contribution >= 4 is 23.7 Å². The van der Waals surface area contributed by atoms with Gasteiger partial charge in [-0.15, -0.1) is 0 Å². The predicted molar refractivity (Wildman–Crippen MR) is 111 cm³/mol. The van der Waals surface area contributed by atoms with Crippen molar-refractivity contribution in [3.8, 4) is 0 Å². The number of nitrogens with one attached hydrogen (secondary N) is 1. The Kier molecular flexibility index (Phi) is 9.24. The van der Waals surface area contributed by atoms with Crippen LogP contribution < -0.4 is 5.43 Å². The van der Waals surface area contributed by atoms with Crippen LogP contribution in [-0.4, -0.2) is 33.8 Å². The highest BCUT2D eigenvalue weighted by molar-refractivity contribution is 6.07. The van der Waals surface area contributed by atoms with Gasteiger partial charge >= 0.3 is 5.97 Å². The summed E-state index contributed by atoms with van der Waals surface area (Å²) in [6.45, 7) is 0. The topological polar surface area (TPSA) is 104 Å². The van der Waals surface area contributed by atoms with Gasteiger partial charge in [-0.1, -0.05) is 55.7 Å². The van der Waals surface area contributed by atoms with Crippen molar-refractivity contribution in [1.82, 2.24) is 10.4 Å². The highest BCUT2D eigenvalue weighted by Gasteiger charge is 2.25. The number of carboxylic acids is 1. The van der Waals surface area contributed by atoms with Crippen molar-refractivity contribution < 1.29 is 24.3 Å². The lowest BCUT2D eigenvalue weighted by Crippen LogP contribution is -2.49. The summed E-state index contributed by atoms with van der Waals surface area (Å²) in [4.78, 5) is 48.5. The Bertz CT molecular complexity index is 852. The molecule has 2 aromatic rings. The summed E-state index contributed by atoms with van der Waals surface area (Å²) in [6.07, 6.45) is 3.73. The molecule has 2 aromatic carbocycles. The minimum Gasteiger partial charge on any atom is -0.481 e. The summed E-state index contributed by atoms with van der Waals surface area (Å²) in [7, 11) is 0. The summed E-state index contributed by atoms with van der Waals surface area (Å²) < 4.78 is 0. The smallest absolute Gasteiger partial charge is 0.303 e. The lowest BCUT2D eigenvalue weighted by molar-refractivity contribution is -0.137. The molecule has 0 unspecified atom stereocenters. The number of benzene rings is 2. The van der Waals surface area contributed by atoms with E-state index in [1.54, 1.807) is 60.7 Å². The van der Waals surface area contributed by atoms with E-state index in [0.717, 1.165) is 24.3 Å². The SMILES string of the molecule is O=C(O)CCCCCCCC(=O)N(NC(=O)c1ccccc1)C(=O)c1ccccc1. The first-order chi connectivity index (χ1) is 14.5. The summed E-state index contributed by atoms with van der Waals surface area (Å²) in [6, 6.07) is 16.7. The largest absolute Gasteiger partial charge is 0.481 e. The standard InChI is InChI=1S/C23H26N2O5/c26-20(16-10-2-1-3-11-17-21(27)28)25(23(30)19-14-8-5-9-15-19)24-22(29)18-12-6-4-7-13-18/h4-9,12-15H,1-3,10-11,16-17H2,(H,24,29)(H,27,28). The second-order valence-electron chi connectivity index (χ2n) is 6.87. The van der Waals surface area contributed by atoms with Gasteiger partial charge in [0, 0.05) is 24.0 Å². The minimum atomic E-state index is -0.811. The van der Waals surface area contributed by atoms with E-state index in [1.807, 2.05) is 0 Å². The van der Waals surface area contributed by atoms with Crippen LogP contribution in [-0.2, 0) is 9.59 Å². The monoisotopic (exact) mass is 410 g/mol. The van der Waals surface area contributed by atoms with Crippen LogP contribution in [0.1, 0.15) is 65.7 Å². The molecule has 2 rings (SSSR count). The number of hydrogen-bond donors (Lipinski definition) is 2. The quantitative estimate of drug-likeness (QED) is 0.458. The van der Waals surface area contributed by atoms with E-state index in [-0.39, 0.29) is 12.8 Å². The molecule has 0 saturated heterocycles. The number of hydrazine groups is 1. The van der Waals surface area contributed by atoms with E-state index < -0.39 is 23.7 Å². The minimum absolute atomic E-state index is 0.104. The fraction of sp³-hybridized carbons (Fsp3) is 0.304. The van der Waals surface area contributed by atoms with Gasteiger partial charge < -0.3 is 5.11 Å². The number of aliphatic carboxylic acids is 1. The first kappa shape index (κ1) is 22.8. The highest BCUT2D eigenvalue weighted by atomic mass is 16.4. The third-order valence-corrected chi connectivity index (χ3v) is 4.50. The summed E-state index contributed by atoms with van der Waals surface area (Å²) in [5, 5.41) is 9.42. The van der Waals surface area contributed by atoms with Gasteiger partial charge in [0.1, 0.15) is 0 Å². The first-order valence-electron chi connectivity index (χ1n) is 9.99. The summed E-state index contributed by atoms with van der Waals surface area (Å²) in [5.41, 5.74) is 3.08. The molecule has 0 aliphatic carbocycles. The summed E-state index contributed by atoms with van der Waals surface area (Å²) >= 11 is 0. The predicted octanol–water partition coefficient (Wildman–Crippen LogP) is 3.82. The van der Waals surface area contributed by atoms with Crippen LogP contribution in [0.5, 0.6) is 0 Å². The molecule has 7 heteroatoms. The zero-order valence-electron chi connectivity index (χ0n) is 16.8. The van der Waals surface area contributed by atoms with Gasteiger partial charge in [0.15, 0.2) is 0 Å². The Balaban J connectivity index is 1.96. The number of hydrogen-bond acceptors (Lipinski definition) is 4. The van der Waals surface area contributed by atoms with Crippen LogP contribution in [0.15, 0.2) is 60.7 Å². The Hall–Kier alpha value is -3.48. The second-order valence-corrected chi connectivity index (χ2v) is 6.87. The molecule has 7 nitrogen and oxygen atoms in total. The number of unbranched alkanes of at least 4 members (excludes halogenated alkanes) is 4. The van der Waals surface area contributed by atoms with Crippen molar-refractivity contribution in [2.75, 3.05) is 0 Å². The van der Waals surface area contributed by atoms with Crippen molar-refractivity contribution in [1.29, 1.82) is 0 Å². The molecule has 0 heterocycles. The van der Waals surface area contributed by atoms with E-state index >= 15 is 0 Å². The number of rotatable bonds is 10. The Morgan fingerprint density at radius 2 is 1.20 bits per heavy atom. The molecule has 30 heavy (non-hydrogen) atoms. The maximum atomic E-state index is 12.8. The molecule has 0 aliphatic rings. The second kappa shape index (κ2) is 12.2. The summed E-state index contributed by atoms with van der Waals surface area (Å²) in [5.74, 6) is -2.43. The van der Waals surface area contributed by atoms with Gasteiger partial charge in [-0.3, -0.25) is 24.6 Å². The Labute approximate surface area is 175 Å². The lowest BCUT2D eigenvalue weighted by Gasteiger charge is -2.21. The number of nitrogens with zero attached hydrogens (tertiary/aromatic N) is 1. The van der Waals surface area contributed by atoms with Crippen molar-refractivity contribution in [2.45, 2.75) is 44.9 Å². The van der Waals surface area contributed by atoms with Crippen molar-refractivity contribution in [3.63, 3.8) is 0 Å². The van der Waals surface area contributed by atoms with Gasteiger partial charge in [-0.05, 0) is 37.1 Å². The van der Waals surface area contributed by atoms with E-state index in [2.05, 4.69) is 5.43 Å². The highest BCUT2D eigenvalue weighted by Crippen LogP contribution is 2.11. The molecule has 0 aliphatic heterocycles. The fourth-order valence-electron chi connectivity index (χ4n) is 2.89. The number of amides is 3. The third kappa shape index (κ3) is 7.50. The number of imide groups is 1. The maximum Gasteiger partial charge on any atom is 0.303 e. The van der Waals surface area contributed by atoms with E-state index in [9.17, 15) is 19.2 Å². The molecule has 2 N–H and O–H groups in total. The van der Waals surface area contributed by atoms with Crippen molar-refractivity contribution in [2.24, 2.45) is 0 Å². The molecular formula is C23H26N2O5. The van der Waals surface area contributed by atoms with Gasteiger partial charge in [0.2, 0.25) is 5.91 Å². The molecule has 0 bridgehead atoms. The van der Waals surface area contributed by atoms with E-state index in [0.29, 0.717) is 24.0 Å². The third-order valence-electron chi connectivity index (χ3n) is 4.50. The molecule has 3 amide bonds. The zero-order chi connectivity index (χ0) is 21.8. The van der Waals surface area contributed by atoms with Gasteiger partial charge in [0.05, 0.1) is 0 Å². The molecule has 0 aromatic heterocycles. The van der Waals surface area contributed by atoms with Crippen LogP contribution in [0.2, 0.25) is 0 Å². The van der Waals surface area contributed by atoms with Crippen LogP contribution in [0.4, 0.5) is 0 Å². The molecule has 158 valence electrons. The molecule has 0 fully saturated rings. The van der Waals surface area contributed by atoms with Gasteiger partial charge in [-0.25, -0.2) is 0 Å². The van der Waals surface area contributed by atoms with Crippen LogP contribution in [0.25, 0.3) is 0 Å². The number of carboxylic acid groups (broad SMARTS) is 1. The number of carbonyl (C=O) groups excluding carboxylic acids is 3. The average Bonchev–Trinajstić information content (AvgIpc) is 2.77. The zero-order valence-corrected chi connectivity index (χ0v) is 16.8.